The Balaban J connectivity index is 2.04. The predicted octanol–water partition coefficient (Wildman–Crippen LogP) is 3.56. The van der Waals surface area contributed by atoms with Gasteiger partial charge in [0.1, 0.15) is 5.75 Å². The third kappa shape index (κ3) is 3.57. The summed E-state index contributed by atoms with van der Waals surface area (Å²) in [4.78, 5) is 16.2. The average molecular weight is 290 g/mol. The van der Waals surface area contributed by atoms with Gasteiger partial charge in [-0.15, -0.1) is 11.3 Å². The number of nitrogens with zero attached hydrogens (tertiary/aromatic N) is 1. The zero-order chi connectivity index (χ0) is 14.5. The number of amides is 1. The fraction of sp³-hybridized carbons (Fsp3) is 0.333. The fourth-order valence-electron chi connectivity index (χ4n) is 1.74. The van der Waals surface area contributed by atoms with Crippen LogP contribution in [0.15, 0.2) is 29.8 Å². The molecule has 1 aromatic heterocycles. The second-order valence-corrected chi connectivity index (χ2v) is 5.48. The summed E-state index contributed by atoms with van der Waals surface area (Å²) in [6.45, 7) is 6.00. The molecule has 0 saturated heterocycles. The highest BCUT2D eigenvalue weighted by Gasteiger charge is 2.19. The van der Waals surface area contributed by atoms with Gasteiger partial charge in [-0.3, -0.25) is 10.1 Å². The average Bonchev–Trinajstić information content (AvgIpc) is 2.92. The first-order chi connectivity index (χ1) is 9.60. The summed E-state index contributed by atoms with van der Waals surface area (Å²) in [6.07, 6.45) is 1.75. The number of nitrogens with one attached hydrogen (secondary N) is 1. The molecule has 0 aliphatic heterocycles. The molecule has 1 aromatic carbocycles. The highest BCUT2D eigenvalue weighted by Crippen LogP contribution is 2.19. The molecule has 1 amide bonds. The molecule has 0 spiro atoms. The lowest BCUT2D eigenvalue weighted by Gasteiger charge is -2.17. The first-order valence-corrected chi connectivity index (χ1v) is 7.42. The van der Waals surface area contributed by atoms with E-state index in [1.807, 2.05) is 44.4 Å². The van der Waals surface area contributed by atoms with Crippen LogP contribution in [-0.4, -0.2) is 17.0 Å². The Kier molecular flexibility index (Phi) is 4.74. The lowest BCUT2D eigenvalue weighted by Crippen LogP contribution is -2.32. The number of rotatable bonds is 5. The van der Waals surface area contributed by atoms with Crippen molar-refractivity contribution in [3.63, 3.8) is 0 Å². The Morgan fingerprint density at radius 1 is 1.40 bits per heavy atom. The quantitative estimate of drug-likeness (QED) is 0.916. The highest BCUT2D eigenvalue weighted by atomic mass is 32.1. The molecule has 2 aromatic rings. The van der Waals surface area contributed by atoms with Crippen LogP contribution in [0.4, 0.5) is 5.13 Å². The highest BCUT2D eigenvalue weighted by molar-refractivity contribution is 7.13. The maximum atomic E-state index is 12.1. The summed E-state index contributed by atoms with van der Waals surface area (Å²) in [5, 5.41) is 5.18. The Bertz CT molecular complexity index is 582. The first kappa shape index (κ1) is 14.5. The van der Waals surface area contributed by atoms with Crippen molar-refractivity contribution in [2.24, 2.45) is 0 Å². The van der Waals surface area contributed by atoms with Gasteiger partial charge < -0.3 is 4.74 Å². The van der Waals surface area contributed by atoms with Gasteiger partial charge in [-0.05, 0) is 43.5 Å². The van der Waals surface area contributed by atoms with Crippen LogP contribution in [0.25, 0.3) is 0 Å². The molecule has 2 rings (SSSR count). The van der Waals surface area contributed by atoms with Gasteiger partial charge in [0.25, 0.3) is 5.91 Å². The van der Waals surface area contributed by atoms with Crippen molar-refractivity contribution >= 4 is 22.4 Å². The number of aromatic nitrogens is 1. The van der Waals surface area contributed by atoms with Gasteiger partial charge >= 0.3 is 0 Å². The van der Waals surface area contributed by atoms with Crippen molar-refractivity contribution in [2.75, 3.05) is 5.32 Å². The number of hydrogen-bond acceptors (Lipinski definition) is 4. The molecule has 5 heteroatoms. The van der Waals surface area contributed by atoms with Crippen molar-refractivity contribution in [1.82, 2.24) is 4.98 Å². The maximum absolute atomic E-state index is 12.1. The number of carbonyl (C=O) groups is 1. The molecule has 1 N–H and O–H groups in total. The Morgan fingerprint density at radius 2 is 2.20 bits per heavy atom. The van der Waals surface area contributed by atoms with Crippen molar-refractivity contribution < 1.29 is 9.53 Å². The molecule has 1 heterocycles. The lowest BCUT2D eigenvalue weighted by atomic mass is 10.1. The van der Waals surface area contributed by atoms with Crippen LogP contribution < -0.4 is 10.1 Å². The predicted molar refractivity (Wildman–Crippen MR) is 81.4 cm³/mol. The van der Waals surface area contributed by atoms with Crippen LogP contribution in [0, 0.1) is 13.8 Å². The number of benzene rings is 1. The number of ether oxygens (including phenoxy) is 1. The molecule has 4 nitrogen and oxygen atoms in total. The van der Waals surface area contributed by atoms with Crippen LogP contribution in [0.2, 0.25) is 0 Å². The van der Waals surface area contributed by atoms with Crippen molar-refractivity contribution in [2.45, 2.75) is 33.3 Å². The molecule has 0 saturated carbocycles. The van der Waals surface area contributed by atoms with E-state index in [2.05, 4.69) is 10.3 Å². The van der Waals surface area contributed by atoms with E-state index in [0.29, 0.717) is 17.3 Å². The minimum absolute atomic E-state index is 0.166. The molecule has 20 heavy (non-hydrogen) atoms. The van der Waals surface area contributed by atoms with Crippen LogP contribution in [0.5, 0.6) is 5.75 Å². The molecule has 1 unspecified atom stereocenters. The Hall–Kier alpha value is -1.88. The zero-order valence-corrected chi connectivity index (χ0v) is 12.7. The third-order valence-electron chi connectivity index (χ3n) is 3.08. The van der Waals surface area contributed by atoms with Crippen molar-refractivity contribution in [3.05, 3.63) is 40.9 Å². The van der Waals surface area contributed by atoms with E-state index in [1.54, 1.807) is 6.20 Å². The topological polar surface area (TPSA) is 51.2 Å². The Labute approximate surface area is 122 Å². The van der Waals surface area contributed by atoms with E-state index in [9.17, 15) is 4.79 Å². The summed E-state index contributed by atoms with van der Waals surface area (Å²) in [6, 6.07) is 5.84. The lowest BCUT2D eigenvalue weighted by molar-refractivity contribution is -0.122. The van der Waals surface area contributed by atoms with E-state index in [0.717, 1.165) is 5.56 Å². The normalized spacial score (nSPS) is 11.9. The number of anilines is 1. The van der Waals surface area contributed by atoms with Crippen molar-refractivity contribution in [1.29, 1.82) is 0 Å². The minimum atomic E-state index is -0.513. The SMILES string of the molecule is CCC(Oc1ccc(C)c(C)c1)C(=O)Nc1nccs1. The summed E-state index contributed by atoms with van der Waals surface area (Å²) in [5.74, 6) is 0.551. The molecule has 0 fully saturated rings. The number of thiazole rings is 1. The maximum Gasteiger partial charge on any atom is 0.267 e. The molecule has 0 aliphatic carbocycles. The monoisotopic (exact) mass is 290 g/mol. The molecule has 0 aliphatic rings. The van der Waals surface area contributed by atoms with Gasteiger partial charge in [0.2, 0.25) is 0 Å². The standard InChI is InChI=1S/C15H18N2O2S/c1-4-13(14(18)17-15-16-7-8-20-15)19-12-6-5-10(2)11(3)9-12/h5-9,13H,4H2,1-3H3,(H,16,17,18). The van der Waals surface area contributed by atoms with E-state index in [1.165, 1.54) is 16.9 Å². The van der Waals surface area contributed by atoms with Crippen molar-refractivity contribution in [3.8, 4) is 5.75 Å². The third-order valence-corrected chi connectivity index (χ3v) is 3.77. The number of carbonyl (C=O) groups excluding carboxylic acids is 1. The van der Waals surface area contributed by atoms with E-state index in [-0.39, 0.29) is 5.91 Å². The van der Waals surface area contributed by atoms with Gasteiger partial charge in [0.05, 0.1) is 0 Å². The van der Waals surface area contributed by atoms with E-state index in [4.69, 9.17) is 4.74 Å². The summed E-state index contributed by atoms with van der Waals surface area (Å²) in [5.41, 5.74) is 2.36. The number of hydrogen-bond donors (Lipinski definition) is 1. The van der Waals surface area contributed by atoms with Crippen LogP contribution >= 0.6 is 11.3 Å². The fourth-order valence-corrected chi connectivity index (χ4v) is 2.28. The van der Waals surface area contributed by atoms with Gasteiger partial charge in [0, 0.05) is 11.6 Å². The molecule has 0 bridgehead atoms. The molecular formula is C15H18N2O2S. The van der Waals surface area contributed by atoms with E-state index >= 15 is 0 Å². The molecular weight excluding hydrogens is 272 g/mol. The summed E-state index contributed by atoms with van der Waals surface area (Å²) in [7, 11) is 0. The van der Waals surface area contributed by atoms with Gasteiger partial charge in [0.15, 0.2) is 11.2 Å². The van der Waals surface area contributed by atoms with Gasteiger partial charge in [-0.25, -0.2) is 4.98 Å². The molecule has 1 atom stereocenters. The van der Waals surface area contributed by atoms with Crippen LogP contribution in [-0.2, 0) is 4.79 Å². The zero-order valence-electron chi connectivity index (χ0n) is 11.8. The van der Waals surface area contributed by atoms with Crippen LogP contribution in [0.1, 0.15) is 24.5 Å². The first-order valence-electron chi connectivity index (χ1n) is 6.54. The second kappa shape index (κ2) is 6.52. The molecule has 106 valence electrons. The minimum Gasteiger partial charge on any atom is -0.481 e. The largest absolute Gasteiger partial charge is 0.481 e. The van der Waals surface area contributed by atoms with Gasteiger partial charge in [-0.2, -0.15) is 0 Å². The smallest absolute Gasteiger partial charge is 0.267 e. The van der Waals surface area contributed by atoms with Gasteiger partial charge in [-0.1, -0.05) is 13.0 Å². The molecule has 0 radical (unpaired) electrons. The Morgan fingerprint density at radius 3 is 2.80 bits per heavy atom. The van der Waals surface area contributed by atoms with E-state index < -0.39 is 6.10 Å². The summed E-state index contributed by atoms with van der Waals surface area (Å²) < 4.78 is 5.77. The second-order valence-electron chi connectivity index (χ2n) is 4.59. The number of aryl methyl sites for hydroxylation is 2. The van der Waals surface area contributed by atoms with Crippen LogP contribution in [0.3, 0.4) is 0 Å². The summed E-state index contributed by atoms with van der Waals surface area (Å²) >= 11 is 1.39.